The number of carbonyl (C=O) groups excluding carboxylic acids is 1. The number of carbonyl (C=O) groups is 1. The Morgan fingerprint density at radius 2 is 2.00 bits per heavy atom. The number of nitrogens with one attached hydrogen (secondary N) is 1. The summed E-state index contributed by atoms with van der Waals surface area (Å²) in [5.41, 5.74) is 0.837. The van der Waals surface area contributed by atoms with Crippen LogP contribution in [-0.4, -0.2) is 15.5 Å². The van der Waals surface area contributed by atoms with Gasteiger partial charge in [-0.1, -0.05) is 40.2 Å². The van der Waals surface area contributed by atoms with Gasteiger partial charge in [0.25, 0.3) is 0 Å². The van der Waals surface area contributed by atoms with E-state index in [9.17, 15) is 4.79 Å². The number of nitrogens with zero attached hydrogens (tertiary/aromatic N) is 2. The number of anilines is 1. The number of aryl methyl sites for hydroxylation is 1. The predicted molar refractivity (Wildman–Crippen MR) is 87.1 cm³/mol. The van der Waals surface area contributed by atoms with E-state index in [1.807, 2.05) is 47.2 Å². The molecule has 0 aliphatic heterocycles. The van der Waals surface area contributed by atoms with Crippen molar-refractivity contribution in [2.24, 2.45) is 0 Å². The Balaban J connectivity index is 1.75. The molecule has 1 amide bonds. The van der Waals surface area contributed by atoms with Crippen LogP contribution in [0.5, 0.6) is 0 Å². The SMILES string of the molecule is O=C(CCn1ccnc1)Nc1ccc(Br)c2ccccc12. The Morgan fingerprint density at radius 3 is 2.76 bits per heavy atom. The zero-order valence-corrected chi connectivity index (χ0v) is 12.9. The van der Waals surface area contributed by atoms with Gasteiger partial charge in [0, 0.05) is 40.9 Å². The molecule has 0 aliphatic carbocycles. The lowest BCUT2D eigenvalue weighted by Crippen LogP contribution is -2.14. The van der Waals surface area contributed by atoms with E-state index in [-0.39, 0.29) is 5.91 Å². The van der Waals surface area contributed by atoms with Crippen LogP contribution in [0.25, 0.3) is 10.8 Å². The Kier molecular flexibility index (Phi) is 4.01. The molecule has 0 radical (unpaired) electrons. The third-order valence-corrected chi connectivity index (χ3v) is 3.99. The van der Waals surface area contributed by atoms with Crippen molar-refractivity contribution < 1.29 is 4.79 Å². The van der Waals surface area contributed by atoms with Crippen molar-refractivity contribution >= 4 is 38.3 Å². The third-order valence-electron chi connectivity index (χ3n) is 3.30. The first-order valence-electron chi connectivity index (χ1n) is 6.67. The van der Waals surface area contributed by atoms with Gasteiger partial charge >= 0.3 is 0 Å². The van der Waals surface area contributed by atoms with E-state index in [4.69, 9.17) is 0 Å². The molecule has 0 spiro atoms. The number of halogens is 1. The predicted octanol–water partition coefficient (Wildman–Crippen LogP) is 3.83. The quantitative estimate of drug-likeness (QED) is 0.782. The van der Waals surface area contributed by atoms with Crippen LogP contribution in [-0.2, 0) is 11.3 Å². The minimum Gasteiger partial charge on any atom is -0.337 e. The number of hydrogen-bond acceptors (Lipinski definition) is 2. The fourth-order valence-electron chi connectivity index (χ4n) is 2.23. The largest absolute Gasteiger partial charge is 0.337 e. The Hall–Kier alpha value is -2.14. The topological polar surface area (TPSA) is 46.9 Å². The van der Waals surface area contributed by atoms with E-state index in [0.29, 0.717) is 13.0 Å². The van der Waals surface area contributed by atoms with Crippen LogP contribution in [0.1, 0.15) is 6.42 Å². The Bertz CT molecular complexity index is 768. The van der Waals surface area contributed by atoms with Crippen LogP contribution >= 0.6 is 15.9 Å². The average molecular weight is 344 g/mol. The summed E-state index contributed by atoms with van der Waals surface area (Å²) in [6, 6.07) is 11.9. The van der Waals surface area contributed by atoms with Crippen molar-refractivity contribution in [1.82, 2.24) is 9.55 Å². The molecule has 0 atom stereocenters. The zero-order chi connectivity index (χ0) is 14.7. The summed E-state index contributed by atoms with van der Waals surface area (Å²) in [5, 5.41) is 5.10. The molecule has 3 rings (SSSR count). The molecule has 0 aliphatic rings. The molecule has 0 saturated heterocycles. The minimum absolute atomic E-state index is 0.00354. The fourth-order valence-corrected chi connectivity index (χ4v) is 2.71. The van der Waals surface area contributed by atoms with Crippen LogP contribution in [0.3, 0.4) is 0 Å². The smallest absolute Gasteiger partial charge is 0.226 e. The summed E-state index contributed by atoms with van der Waals surface area (Å²) in [7, 11) is 0. The number of aromatic nitrogens is 2. The van der Waals surface area contributed by atoms with Gasteiger partial charge in [-0.15, -0.1) is 0 Å². The molecule has 0 unspecified atom stereocenters. The molecule has 1 heterocycles. The first-order chi connectivity index (χ1) is 10.2. The Labute approximate surface area is 130 Å². The molecule has 0 fully saturated rings. The van der Waals surface area contributed by atoms with Gasteiger partial charge in [-0.25, -0.2) is 4.98 Å². The molecule has 5 heteroatoms. The molecule has 0 bridgehead atoms. The number of hydrogen-bond donors (Lipinski definition) is 1. The van der Waals surface area contributed by atoms with Crippen LogP contribution < -0.4 is 5.32 Å². The van der Waals surface area contributed by atoms with Gasteiger partial charge in [-0.2, -0.15) is 0 Å². The van der Waals surface area contributed by atoms with Crippen molar-refractivity contribution in [1.29, 1.82) is 0 Å². The standard InChI is InChI=1S/C16H14BrN3O/c17-14-5-6-15(13-4-2-1-3-12(13)14)19-16(21)7-9-20-10-8-18-11-20/h1-6,8,10-11H,7,9H2,(H,19,21). The van der Waals surface area contributed by atoms with E-state index in [1.54, 1.807) is 12.5 Å². The normalized spacial score (nSPS) is 10.7. The number of benzene rings is 2. The Morgan fingerprint density at radius 1 is 1.19 bits per heavy atom. The number of fused-ring (bicyclic) bond motifs is 1. The van der Waals surface area contributed by atoms with Crippen molar-refractivity contribution in [2.45, 2.75) is 13.0 Å². The van der Waals surface area contributed by atoms with E-state index in [1.165, 1.54) is 0 Å². The molecule has 1 aromatic heterocycles. The van der Waals surface area contributed by atoms with Crippen LogP contribution in [0.15, 0.2) is 59.6 Å². The van der Waals surface area contributed by atoms with Gasteiger partial charge in [-0.05, 0) is 17.5 Å². The lowest BCUT2D eigenvalue weighted by atomic mass is 10.1. The van der Waals surface area contributed by atoms with Crippen LogP contribution in [0.2, 0.25) is 0 Å². The van der Waals surface area contributed by atoms with E-state index >= 15 is 0 Å². The average Bonchev–Trinajstić information content (AvgIpc) is 3.02. The molecule has 106 valence electrons. The number of amides is 1. The van der Waals surface area contributed by atoms with E-state index in [2.05, 4.69) is 26.2 Å². The van der Waals surface area contributed by atoms with Gasteiger partial charge in [0.05, 0.1) is 6.33 Å². The fraction of sp³-hybridized carbons (Fsp3) is 0.125. The van der Waals surface area contributed by atoms with Crippen molar-refractivity contribution in [3.63, 3.8) is 0 Å². The maximum atomic E-state index is 12.1. The molecule has 3 aromatic rings. The van der Waals surface area contributed by atoms with E-state index in [0.717, 1.165) is 20.9 Å². The van der Waals surface area contributed by atoms with Gasteiger partial charge in [0.1, 0.15) is 0 Å². The van der Waals surface area contributed by atoms with Crippen LogP contribution in [0.4, 0.5) is 5.69 Å². The van der Waals surface area contributed by atoms with Gasteiger partial charge in [-0.3, -0.25) is 4.79 Å². The second-order valence-electron chi connectivity index (χ2n) is 4.74. The first-order valence-corrected chi connectivity index (χ1v) is 7.46. The zero-order valence-electron chi connectivity index (χ0n) is 11.3. The first kappa shape index (κ1) is 13.8. The highest BCUT2D eigenvalue weighted by atomic mass is 79.9. The highest BCUT2D eigenvalue weighted by molar-refractivity contribution is 9.10. The van der Waals surface area contributed by atoms with Crippen LogP contribution in [0, 0.1) is 0 Å². The van der Waals surface area contributed by atoms with Crippen molar-refractivity contribution in [3.8, 4) is 0 Å². The molecule has 1 N–H and O–H groups in total. The lowest BCUT2D eigenvalue weighted by molar-refractivity contribution is -0.116. The second kappa shape index (κ2) is 6.10. The highest BCUT2D eigenvalue weighted by Crippen LogP contribution is 2.29. The van der Waals surface area contributed by atoms with Gasteiger partial charge < -0.3 is 9.88 Å². The molecule has 4 nitrogen and oxygen atoms in total. The van der Waals surface area contributed by atoms with E-state index < -0.39 is 0 Å². The van der Waals surface area contributed by atoms with Crippen molar-refractivity contribution in [3.05, 3.63) is 59.6 Å². The summed E-state index contributed by atoms with van der Waals surface area (Å²) in [4.78, 5) is 16.0. The van der Waals surface area contributed by atoms with Gasteiger partial charge in [0.2, 0.25) is 5.91 Å². The summed E-state index contributed by atoms with van der Waals surface area (Å²) in [6.45, 7) is 0.625. The monoisotopic (exact) mass is 343 g/mol. The summed E-state index contributed by atoms with van der Waals surface area (Å²) in [5.74, 6) is -0.00354. The second-order valence-corrected chi connectivity index (χ2v) is 5.59. The molecule has 0 saturated carbocycles. The molecule has 2 aromatic carbocycles. The summed E-state index contributed by atoms with van der Waals surface area (Å²) >= 11 is 3.53. The molecular weight excluding hydrogens is 330 g/mol. The molecule has 21 heavy (non-hydrogen) atoms. The minimum atomic E-state index is -0.00354. The summed E-state index contributed by atoms with van der Waals surface area (Å²) < 4.78 is 2.91. The number of imidazole rings is 1. The number of rotatable bonds is 4. The maximum Gasteiger partial charge on any atom is 0.226 e. The third kappa shape index (κ3) is 3.13. The maximum absolute atomic E-state index is 12.1. The van der Waals surface area contributed by atoms with Gasteiger partial charge in [0.15, 0.2) is 0 Å². The van der Waals surface area contributed by atoms with Crippen molar-refractivity contribution in [2.75, 3.05) is 5.32 Å². The molecular formula is C16H14BrN3O. The highest BCUT2D eigenvalue weighted by Gasteiger charge is 2.07. The lowest BCUT2D eigenvalue weighted by Gasteiger charge is -2.10. The summed E-state index contributed by atoms with van der Waals surface area (Å²) in [6.07, 6.45) is 5.69.